The summed E-state index contributed by atoms with van der Waals surface area (Å²) in [4.78, 5) is 11.7. The largest absolute Gasteiger partial charge is 0.378 e. The molecule has 0 bridgehead atoms. The van der Waals surface area contributed by atoms with Crippen LogP contribution in [-0.2, 0) is 0 Å². The van der Waals surface area contributed by atoms with Crippen LogP contribution < -0.4 is 16.4 Å². The molecule has 1 aliphatic heterocycles. The first-order valence-electron chi connectivity index (χ1n) is 7.04. The van der Waals surface area contributed by atoms with Gasteiger partial charge in [-0.2, -0.15) is 5.10 Å². The Morgan fingerprint density at radius 3 is 3.05 bits per heavy atom. The lowest BCUT2D eigenvalue weighted by atomic mass is 10.00. The molecule has 3 rings (SSSR count). The van der Waals surface area contributed by atoms with Gasteiger partial charge in [0, 0.05) is 29.8 Å². The van der Waals surface area contributed by atoms with Crippen molar-refractivity contribution < 1.29 is 4.79 Å². The fourth-order valence-corrected chi connectivity index (χ4v) is 3.29. The second-order valence-corrected chi connectivity index (χ2v) is 6.28. The van der Waals surface area contributed by atoms with Gasteiger partial charge < -0.3 is 16.4 Å². The minimum Gasteiger partial charge on any atom is -0.378 e. The lowest BCUT2D eigenvalue weighted by Crippen LogP contribution is -2.30. The van der Waals surface area contributed by atoms with Crippen molar-refractivity contribution in [2.45, 2.75) is 19.4 Å². The van der Waals surface area contributed by atoms with Crippen LogP contribution in [0.15, 0.2) is 22.9 Å². The van der Waals surface area contributed by atoms with Gasteiger partial charge in [-0.15, -0.1) is 24.0 Å². The van der Waals surface area contributed by atoms with Crippen LogP contribution in [0.1, 0.15) is 23.7 Å². The lowest BCUT2D eigenvalue weighted by Gasteiger charge is -2.21. The normalized spacial score (nSPS) is 20.8. The molecule has 1 amide bonds. The molecule has 4 N–H and O–H groups in total. The van der Waals surface area contributed by atoms with Crippen molar-refractivity contribution in [1.82, 2.24) is 14.9 Å². The zero-order valence-corrected chi connectivity index (χ0v) is 16.1. The van der Waals surface area contributed by atoms with Crippen molar-refractivity contribution >= 4 is 57.0 Å². The highest BCUT2D eigenvalue weighted by Crippen LogP contribution is 2.28. The van der Waals surface area contributed by atoms with Crippen molar-refractivity contribution in [3.63, 3.8) is 0 Å². The molecular weight excluding hydrogens is 461 g/mol. The molecule has 6 nitrogen and oxygen atoms in total. The highest BCUT2D eigenvalue weighted by Gasteiger charge is 2.27. The van der Waals surface area contributed by atoms with E-state index in [0.717, 1.165) is 35.2 Å². The summed E-state index contributed by atoms with van der Waals surface area (Å²) in [6.45, 7) is 4.05. The van der Waals surface area contributed by atoms with Crippen molar-refractivity contribution in [3.05, 3.63) is 28.5 Å². The molecule has 3 heterocycles. The van der Waals surface area contributed by atoms with E-state index >= 15 is 0 Å². The Hall–Kier alpha value is -0.870. The third kappa shape index (κ3) is 3.23. The molecule has 0 aliphatic carbocycles. The van der Waals surface area contributed by atoms with Crippen molar-refractivity contribution in [2.75, 3.05) is 18.4 Å². The molecule has 120 valence electrons. The monoisotopic (exact) mass is 479 g/mol. The Bertz CT molecular complexity index is 689. The molecule has 2 aromatic heterocycles. The van der Waals surface area contributed by atoms with Crippen LogP contribution in [0.25, 0.3) is 5.52 Å². The van der Waals surface area contributed by atoms with E-state index in [0.29, 0.717) is 11.5 Å². The van der Waals surface area contributed by atoms with Crippen LogP contribution in [0.2, 0.25) is 0 Å². The SMILES string of the molecule is CC[C@H]1CNC[C@H]1Nc1c(C(N)=O)cnn2cc(Br)cc12.I. The third-order valence-electron chi connectivity index (χ3n) is 4.06. The van der Waals surface area contributed by atoms with E-state index in [1.807, 2.05) is 12.3 Å². The molecule has 0 radical (unpaired) electrons. The molecule has 2 atom stereocenters. The number of fused-ring (bicyclic) bond motifs is 1. The van der Waals surface area contributed by atoms with E-state index in [1.54, 1.807) is 4.52 Å². The zero-order valence-electron chi connectivity index (χ0n) is 12.2. The number of anilines is 1. The van der Waals surface area contributed by atoms with Gasteiger partial charge >= 0.3 is 0 Å². The number of nitrogens with zero attached hydrogens (tertiary/aromatic N) is 2. The summed E-state index contributed by atoms with van der Waals surface area (Å²) in [5.74, 6) is 0.0705. The smallest absolute Gasteiger partial charge is 0.252 e. The lowest BCUT2D eigenvalue weighted by molar-refractivity contribution is 0.100. The molecule has 8 heteroatoms. The first-order valence-corrected chi connectivity index (χ1v) is 7.83. The summed E-state index contributed by atoms with van der Waals surface area (Å²) < 4.78 is 2.65. The summed E-state index contributed by atoms with van der Waals surface area (Å²) in [6.07, 6.45) is 4.46. The second kappa shape index (κ2) is 7.14. The number of carbonyl (C=O) groups excluding carboxylic acids is 1. The molecule has 1 fully saturated rings. The van der Waals surface area contributed by atoms with Gasteiger partial charge in [-0.25, -0.2) is 4.52 Å². The molecule has 0 unspecified atom stereocenters. The number of nitrogens with two attached hydrogens (primary N) is 1. The van der Waals surface area contributed by atoms with Crippen molar-refractivity contribution in [2.24, 2.45) is 11.7 Å². The third-order valence-corrected chi connectivity index (χ3v) is 4.50. The Morgan fingerprint density at radius 2 is 2.36 bits per heavy atom. The first-order chi connectivity index (χ1) is 10.1. The van der Waals surface area contributed by atoms with Crippen LogP contribution in [0.3, 0.4) is 0 Å². The Kier molecular flexibility index (Phi) is 5.67. The van der Waals surface area contributed by atoms with E-state index in [-0.39, 0.29) is 30.0 Å². The van der Waals surface area contributed by atoms with Crippen LogP contribution in [-0.4, -0.2) is 34.7 Å². The molecular formula is C14H19BrIN5O. The summed E-state index contributed by atoms with van der Waals surface area (Å²) in [5, 5.41) is 11.1. The molecule has 22 heavy (non-hydrogen) atoms. The predicted molar refractivity (Wildman–Crippen MR) is 101 cm³/mol. The maximum absolute atomic E-state index is 11.7. The number of nitrogens with one attached hydrogen (secondary N) is 2. The predicted octanol–water partition coefficient (Wildman–Crippen LogP) is 2.22. The number of rotatable bonds is 4. The molecule has 0 saturated carbocycles. The number of primary amides is 1. The molecule has 1 saturated heterocycles. The Balaban J connectivity index is 0.00000176. The first kappa shape index (κ1) is 17.5. The topological polar surface area (TPSA) is 84.5 Å². The van der Waals surface area contributed by atoms with Crippen LogP contribution >= 0.6 is 39.9 Å². The number of hydrogen-bond acceptors (Lipinski definition) is 4. The number of amides is 1. The van der Waals surface area contributed by atoms with E-state index in [1.165, 1.54) is 6.20 Å². The van der Waals surface area contributed by atoms with E-state index < -0.39 is 5.91 Å². The Morgan fingerprint density at radius 1 is 1.59 bits per heavy atom. The van der Waals surface area contributed by atoms with Crippen LogP contribution in [0.4, 0.5) is 5.69 Å². The second-order valence-electron chi connectivity index (χ2n) is 5.36. The minimum absolute atomic E-state index is 0. The average molecular weight is 480 g/mol. The van der Waals surface area contributed by atoms with Gasteiger partial charge in [0.25, 0.3) is 5.91 Å². The molecule has 0 spiro atoms. The van der Waals surface area contributed by atoms with E-state index in [9.17, 15) is 4.79 Å². The summed E-state index contributed by atoms with van der Waals surface area (Å²) in [7, 11) is 0. The minimum atomic E-state index is -0.469. The summed E-state index contributed by atoms with van der Waals surface area (Å²) >= 11 is 3.44. The number of aromatic nitrogens is 2. The average Bonchev–Trinajstić information content (AvgIpc) is 3.03. The Labute approximate surface area is 154 Å². The number of hydrogen-bond donors (Lipinski definition) is 3. The van der Waals surface area contributed by atoms with Gasteiger partial charge in [-0.3, -0.25) is 4.79 Å². The van der Waals surface area contributed by atoms with E-state index in [4.69, 9.17) is 5.73 Å². The van der Waals surface area contributed by atoms with Crippen LogP contribution in [0, 0.1) is 5.92 Å². The number of carbonyl (C=O) groups is 1. The quantitative estimate of drug-likeness (QED) is 0.587. The maximum atomic E-state index is 11.7. The number of halogens is 2. The van der Waals surface area contributed by atoms with Crippen molar-refractivity contribution in [3.8, 4) is 0 Å². The maximum Gasteiger partial charge on any atom is 0.252 e. The van der Waals surface area contributed by atoms with Crippen LogP contribution in [0.5, 0.6) is 0 Å². The van der Waals surface area contributed by atoms with Gasteiger partial charge in [-0.05, 0) is 27.9 Å². The van der Waals surface area contributed by atoms with Gasteiger partial charge in [0.2, 0.25) is 0 Å². The van der Waals surface area contributed by atoms with Gasteiger partial charge in [-0.1, -0.05) is 13.3 Å². The van der Waals surface area contributed by atoms with Gasteiger partial charge in [0.1, 0.15) is 0 Å². The fraction of sp³-hybridized carbons (Fsp3) is 0.429. The standard InChI is InChI=1S/C14H18BrN5O.HI/c1-2-8-4-17-6-11(8)19-13-10(14(16)21)5-18-20-7-9(15)3-12(13)20;/h3,5,7-8,11,17,19H,2,4,6H2,1H3,(H2,16,21);1H/t8-,11+;/m0./s1. The fourth-order valence-electron chi connectivity index (χ4n) is 2.88. The van der Waals surface area contributed by atoms with Crippen molar-refractivity contribution in [1.29, 1.82) is 0 Å². The summed E-state index contributed by atoms with van der Waals surface area (Å²) in [5.41, 5.74) is 7.53. The van der Waals surface area contributed by atoms with Gasteiger partial charge in [0.15, 0.2) is 0 Å². The highest BCUT2D eigenvalue weighted by atomic mass is 127. The summed E-state index contributed by atoms with van der Waals surface area (Å²) in [6, 6.07) is 2.22. The molecule has 0 aromatic carbocycles. The zero-order chi connectivity index (χ0) is 15.0. The molecule has 2 aromatic rings. The van der Waals surface area contributed by atoms with E-state index in [2.05, 4.69) is 38.6 Å². The highest BCUT2D eigenvalue weighted by molar-refractivity contribution is 14.0. The van der Waals surface area contributed by atoms with Gasteiger partial charge in [0.05, 0.1) is 23.0 Å². The molecule has 1 aliphatic rings.